The maximum Gasteiger partial charge on any atom is 0.258 e. The zero-order valence-electron chi connectivity index (χ0n) is 14.3. The lowest BCUT2D eigenvalue weighted by molar-refractivity contribution is 0.559. The highest BCUT2D eigenvalue weighted by molar-refractivity contribution is 5.77. The summed E-state index contributed by atoms with van der Waals surface area (Å²) in [5.74, 6) is 1.19. The van der Waals surface area contributed by atoms with Gasteiger partial charge in [-0.2, -0.15) is 0 Å². The number of nitrogens with zero attached hydrogens (tertiary/aromatic N) is 1. The Bertz CT molecular complexity index is 881. The number of aromatic nitrogens is 2. The number of hydrogen-bond acceptors (Lipinski definition) is 3. The number of nitrogens with one attached hydrogen (secondary N) is 2. The Kier molecular flexibility index (Phi) is 4.76. The lowest BCUT2D eigenvalue weighted by Crippen LogP contribution is -2.22. The molecule has 0 unspecified atom stereocenters. The minimum Gasteiger partial charge on any atom is -0.309 e. The average molecular weight is 321 g/mol. The first-order chi connectivity index (χ1) is 11.5. The molecule has 0 fully saturated rings. The van der Waals surface area contributed by atoms with Gasteiger partial charge < -0.3 is 10.3 Å². The largest absolute Gasteiger partial charge is 0.309 e. The second-order valence-electron chi connectivity index (χ2n) is 6.45. The number of H-pyrrole nitrogens is 1. The van der Waals surface area contributed by atoms with Crippen LogP contribution in [0.4, 0.5) is 0 Å². The first-order valence-electron chi connectivity index (χ1n) is 8.36. The summed E-state index contributed by atoms with van der Waals surface area (Å²) in [7, 11) is 0. The van der Waals surface area contributed by atoms with Gasteiger partial charge in [-0.25, -0.2) is 4.98 Å². The summed E-state index contributed by atoms with van der Waals surface area (Å²) >= 11 is 0. The zero-order chi connectivity index (χ0) is 17.1. The Morgan fingerprint density at radius 1 is 1.00 bits per heavy atom. The van der Waals surface area contributed by atoms with Crippen LogP contribution in [0.5, 0.6) is 0 Å². The van der Waals surface area contributed by atoms with Crippen LogP contribution in [0.25, 0.3) is 10.9 Å². The summed E-state index contributed by atoms with van der Waals surface area (Å²) in [6.45, 7) is 7.02. The second kappa shape index (κ2) is 6.97. The van der Waals surface area contributed by atoms with Crippen LogP contribution in [0.15, 0.2) is 53.3 Å². The maximum atomic E-state index is 12.1. The van der Waals surface area contributed by atoms with Gasteiger partial charge in [-0.15, -0.1) is 0 Å². The molecule has 124 valence electrons. The maximum absolute atomic E-state index is 12.1. The summed E-state index contributed by atoms with van der Waals surface area (Å²) in [5, 5.41) is 4.05. The molecule has 3 rings (SSSR count). The quantitative estimate of drug-likeness (QED) is 0.749. The molecule has 4 nitrogen and oxygen atoms in total. The summed E-state index contributed by atoms with van der Waals surface area (Å²) < 4.78 is 0. The number of rotatable bonds is 5. The predicted octanol–water partition coefficient (Wildman–Crippen LogP) is 3.90. The van der Waals surface area contributed by atoms with E-state index in [2.05, 4.69) is 60.3 Å². The number of hydrogen-bond donors (Lipinski definition) is 2. The Morgan fingerprint density at radius 2 is 1.67 bits per heavy atom. The van der Waals surface area contributed by atoms with Crippen molar-refractivity contribution in [2.75, 3.05) is 0 Å². The van der Waals surface area contributed by atoms with Gasteiger partial charge in [0.05, 0.1) is 17.4 Å². The standard InChI is InChI=1S/C20H23N3O/c1-13(2)15-8-10-16(11-9-15)14(3)21-12-19-22-18-7-5-4-6-17(18)20(24)23-19/h4-11,13-14,21H,12H2,1-3H3,(H,22,23,24)/t14-/m0/s1. The third kappa shape index (κ3) is 3.54. The minimum atomic E-state index is -0.0914. The van der Waals surface area contributed by atoms with Crippen molar-refractivity contribution >= 4 is 10.9 Å². The molecule has 1 atom stereocenters. The van der Waals surface area contributed by atoms with Crippen LogP contribution in [0.3, 0.4) is 0 Å². The second-order valence-corrected chi connectivity index (χ2v) is 6.45. The third-order valence-electron chi connectivity index (χ3n) is 4.34. The van der Waals surface area contributed by atoms with E-state index < -0.39 is 0 Å². The molecule has 0 aliphatic carbocycles. The number of fused-ring (bicyclic) bond motifs is 1. The van der Waals surface area contributed by atoms with Crippen LogP contribution in [0.2, 0.25) is 0 Å². The SMILES string of the molecule is CC(C)c1ccc([C@H](C)NCc2nc3ccccc3c(=O)[nH]2)cc1. The van der Waals surface area contributed by atoms with Gasteiger partial charge in [0.1, 0.15) is 5.82 Å². The fraction of sp³-hybridized carbons (Fsp3) is 0.300. The summed E-state index contributed by atoms with van der Waals surface area (Å²) in [5.41, 5.74) is 3.20. The Hall–Kier alpha value is -2.46. The molecular formula is C20H23N3O. The van der Waals surface area contributed by atoms with Gasteiger partial charge in [0, 0.05) is 6.04 Å². The first kappa shape index (κ1) is 16.4. The molecule has 2 aromatic carbocycles. The van der Waals surface area contributed by atoms with E-state index in [1.165, 1.54) is 11.1 Å². The van der Waals surface area contributed by atoms with Crippen molar-refractivity contribution in [3.05, 3.63) is 75.8 Å². The highest BCUT2D eigenvalue weighted by Crippen LogP contribution is 2.18. The predicted molar refractivity (Wildman–Crippen MR) is 98.1 cm³/mol. The van der Waals surface area contributed by atoms with Crippen LogP contribution in [0.1, 0.15) is 49.7 Å². The van der Waals surface area contributed by atoms with Crippen molar-refractivity contribution in [3.8, 4) is 0 Å². The number of para-hydroxylation sites is 1. The van der Waals surface area contributed by atoms with Gasteiger partial charge in [-0.1, -0.05) is 50.2 Å². The topological polar surface area (TPSA) is 57.8 Å². The monoisotopic (exact) mass is 321 g/mol. The van der Waals surface area contributed by atoms with Gasteiger partial charge in [0.2, 0.25) is 0 Å². The van der Waals surface area contributed by atoms with E-state index in [0.717, 1.165) is 5.52 Å². The van der Waals surface area contributed by atoms with E-state index in [0.29, 0.717) is 23.7 Å². The van der Waals surface area contributed by atoms with Crippen molar-refractivity contribution in [1.29, 1.82) is 0 Å². The van der Waals surface area contributed by atoms with Crippen LogP contribution in [-0.2, 0) is 6.54 Å². The smallest absolute Gasteiger partial charge is 0.258 e. The van der Waals surface area contributed by atoms with Crippen molar-refractivity contribution < 1.29 is 0 Å². The van der Waals surface area contributed by atoms with E-state index in [1.54, 1.807) is 6.07 Å². The minimum absolute atomic E-state index is 0.0914. The van der Waals surface area contributed by atoms with Crippen molar-refractivity contribution in [3.63, 3.8) is 0 Å². The van der Waals surface area contributed by atoms with Crippen molar-refractivity contribution in [2.24, 2.45) is 0 Å². The molecule has 2 N–H and O–H groups in total. The van der Waals surface area contributed by atoms with Crippen LogP contribution in [-0.4, -0.2) is 9.97 Å². The van der Waals surface area contributed by atoms with E-state index in [1.807, 2.05) is 18.2 Å². The first-order valence-corrected chi connectivity index (χ1v) is 8.36. The van der Waals surface area contributed by atoms with Gasteiger partial charge in [-0.3, -0.25) is 4.79 Å². The molecule has 0 amide bonds. The Labute approximate surface area is 142 Å². The lowest BCUT2D eigenvalue weighted by Gasteiger charge is -2.15. The normalized spacial score (nSPS) is 12.7. The molecule has 1 aromatic heterocycles. The molecule has 0 spiro atoms. The van der Waals surface area contributed by atoms with Crippen molar-refractivity contribution in [1.82, 2.24) is 15.3 Å². The molecule has 0 aliphatic heterocycles. The molecule has 0 saturated heterocycles. The van der Waals surface area contributed by atoms with Gasteiger partial charge in [0.15, 0.2) is 0 Å². The number of benzene rings is 2. The van der Waals surface area contributed by atoms with E-state index in [9.17, 15) is 4.79 Å². The molecule has 0 aliphatic rings. The molecule has 1 heterocycles. The third-order valence-corrected chi connectivity index (χ3v) is 4.34. The molecule has 0 radical (unpaired) electrons. The molecule has 3 aromatic rings. The van der Waals surface area contributed by atoms with Crippen LogP contribution in [0, 0.1) is 0 Å². The fourth-order valence-corrected chi connectivity index (χ4v) is 2.76. The lowest BCUT2D eigenvalue weighted by atomic mass is 9.99. The highest BCUT2D eigenvalue weighted by Gasteiger charge is 2.08. The van der Waals surface area contributed by atoms with Crippen molar-refractivity contribution in [2.45, 2.75) is 39.3 Å². The highest BCUT2D eigenvalue weighted by atomic mass is 16.1. The Balaban J connectivity index is 1.72. The van der Waals surface area contributed by atoms with Gasteiger partial charge >= 0.3 is 0 Å². The average Bonchev–Trinajstić information content (AvgIpc) is 2.60. The zero-order valence-corrected chi connectivity index (χ0v) is 14.3. The number of aromatic amines is 1. The fourth-order valence-electron chi connectivity index (χ4n) is 2.76. The van der Waals surface area contributed by atoms with Gasteiger partial charge in [-0.05, 0) is 36.1 Å². The molecule has 24 heavy (non-hydrogen) atoms. The van der Waals surface area contributed by atoms with E-state index in [4.69, 9.17) is 0 Å². The summed E-state index contributed by atoms with van der Waals surface area (Å²) in [6, 6.07) is 16.2. The summed E-state index contributed by atoms with van der Waals surface area (Å²) in [6.07, 6.45) is 0. The Morgan fingerprint density at radius 3 is 2.38 bits per heavy atom. The molecular weight excluding hydrogens is 298 g/mol. The molecule has 0 bridgehead atoms. The van der Waals surface area contributed by atoms with Crippen LogP contribution >= 0.6 is 0 Å². The van der Waals surface area contributed by atoms with E-state index >= 15 is 0 Å². The van der Waals surface area contributed by atoms with Crippen LogP contribution < -0.4 is 10.9 Å². The molecule has 4 heteroatoms. The van der Waals surface area contributed by atoms with Gasteiger partial charge in [0.25, 0.3) is 5.56 Å². The van der Waals surface area contributed by atoms with E-state index in [-0.39, 0.29) is 11.6 Å². The molecule has 0 saturated carbocycles. The summed E-state index contributed by atoms with van der Waals surface area (Å²) in [4.78, 5) is 19.5.